The summed E-state index contributed by atoms with van der Waals surface area (Å²) in [6, 6.07) is 12.7. The van der Waals surface area contributed by atoms with E-state index in [4.69, 9.17) is 10.5 Å². The number of carbonyl (C=O) groups is 2. The molecule has 0 bridgehead atoms. The average Bonchev–Trinajstić information content (AvgIpc) is 2.73. The van der Waals surface area contributed by atoms with Crippen molar-refractivity contribution in [1.29, 1.82) is 0 Å². The number of nitrogens with one attached hydrogen (secondary N) is 1. The van der Waals surface area contributed by atoms with Gasteiger partial charge in [-0.05, 0) is 48.5 Å². The molecule has 0 spiro atoms. The normalized spacial score (nSPS) is 11.6. The van der Waals surface area contributed by atoms with Gasteiger partial charge < -0.3 is 20.9 Å². The molecule has 0 unspecified atom stereocenters. The lowest BCUT2D eigenvalue weighted by atomic mass is 10.2. The minimum absolute atomic E-state index is 0.135. The lowest BCUT2D eigenvalue weighted by molar-refractivity contribution is -0.119. The third-order valence-electron chi connectivity index (χ3n) is 4.10. The number of aliphatic hydroxyl groups is 1. The number of aromatic nitrogens is 2. The Bertz CT molecular complexity index is 1060. The maximum Gasteiger partial charge on any atom is 0.242 e. The molecular weight excluding hydrogens is 391 g/mol. The number of ether oxygens (including phenoxy) is 1. The summed E-state index contributed by atoms with van der Waals surface area (Å²) < 4.78 is 18.6. The second-order valence-electron chi connectivity index (χ2n) is 6.38. The van der Waals surface area contributed by atoms with Crippen molar-refractivity contribution < 1.29 is 23.8 Å². The molecule has 1 aromatic heterocycles. The van der Waals surface area contributed by atoms with Crippen LogP contribution in [0.4, 0.5) is 10.2 Å². The Kier molecular flexibility index (Phi) is 6.33. The molecule has 3 rings (SSSR count). The SMILES string of the molecule is CC(=O)c1cc(N[C@@H](CO)C(N)=O)nc(-c2ccc(Oc3ccc(F)cc3)cc2)n1. The van der Waals surface area contributed by atoms with Crippen molar-refractivity contribution in [2.45, 2.75) is 13.0 Å². The van der Waals surface area contributed by atoms with E-state index in [1.54, 1.807) is 24.3 Å². The Morgan fingerprint density at radius 1 is 1.10 bits per heavy atom. The van der Waals surface area contributed by atoms with Crippen LogP contribution in [-0.2, 0) is 4.79 Å². The highest BCUT2D eigenvalue weighted by Gasteiger charge is 2.17. The van der Waals surface area contributed by atoms with Crippen LogP contribution >= 0.6 is 0 Å². The summed E-state index contributed by atoms with van der Waals surface area (Å²) in [4.78, 5) is 31.8. The van der Waals surface area contributed by atoms with Crippen molar-refractivity contribution in [3.63, 3.8) is 0 Å². The van der Waals surface area contributed by atoms with Gasteiger partial charge in [0.2, 0.25) is 5.91 Å². The molecule has 8 nitrogen and oxygen atoms in total. The number of benzene rings is 2. The molecule has 30 heavy (non-hydrogen) atoms. The summed E-state index contributed by atoms with van der Waals surface area (Å²) in [5, 5.41) is 12.0. The first-order valence-electron chi connectivity index (χ1n) is 8.96. The molecule has 0 aliphatic carbocycles. The second kappa shape index (κ2) is 9.10. The zero-order valence-corrected chi connectivity index (χ0v) is 16.0. The lowest BCUT2D eigenvalue weighted by Crippen LogP contribution is -2.38. The Morgan fingerprint density at radius 3 is 2.23 bits per heavy atom. The molecule has 2 aromatic carbocycles. The van der Waals surface area contributed by atoms with Gasteiger partial charge in [0.1, 0.15) is 34.9 Å². The Labute approximate surface area is 171 Å². The summed E-state index contributed by atoms with van der Waals surface area (Å²) >= 11 is 0. The van der Waals surface area contributed by atoms with Crippen LogP contribution < -0.4 is 15.8 Å². The lowest BCUT2D eigenvalue weighted by Gasteiger charge is -2.14. The maximum absolute atomic E-state index is 13.0. The number of hydrogen-bond donors (Lipinski definition) is 3. The predicted molar refractivity (Wildman–Crippen MR) is 108 cm³/mol. The number of ketones is 1. The van der Waals surface area contributed by atoms with Gasteiger partial charge in [0.25, 0.3) is 0 Å². The summed E-state index contributed by atoms with van der Waals surface area (Å²) in [5.74, 6) is -0.00634. The van der Waals surface area contributed by atoms with Crippen molar-refractivity contribution in [1.82, 2.24) is 9.97 Å². The van der Waals surface area contributed by atoms with Gasteiger partial charge in [0.15, 0.2) is 11.6 Å². The highest BCUT2D eigenvalue weighted by atomic mass is 19.1. The summed E-state index contributed by atoms with van der Waals surface area (Å²) in [6.07, 6.45) is 0. The number of nitrogens with zero attached hydrogens (tertiary/aromatic N) is 2. The van der Waals surface area contributed by atoms with E-state index < -0.39 is 18.6 Å². The van der Waals surface area contributed by atoms with Gasteiger partial charge in [0, 0.05) is 18.6 Å². The first kappa shape index (κ1) is 20.9. The molecule has 0 radical (unpaired) electrons. The van der Waals surface area contributed by atoms with Crippen LogP contribution in [0.3, 0.4) is 0 Å². The molecule has 0 saturated heterocycles. The number of primary amides is 1. The van der Waals surface area contributed by atoms with Crippen molar-refractivity contribution in [2.75, 3.05) is 11.9 Å². The smallest absolute Gasteiger partial charge is 0.242 e. The minimum atomic E-state index is -1.06. The van der Waals surface area contributed by atoms with Gasteiger partial charge in [-0.3, -0.25) is 9.59 Å². The largest absolute Gasteiger partial charge is 0.457 e. The van der Waals surface area contributed by atoms with Crippen LogP contribution in [0.2, 0.25) is 0 Å². The summed E-state index contributed by atoms with van der Waals surface area (Å²) in [6.45, 7) is 0.826. The monoisotopic (exact) mass is 410 g/mol. The molecule has 0 aliphatic rings. The molecule has 1 heterocycles. The Hall–Kier alpha value is -3.85. The Balaban J connectivity index is 1.87. The number of halogens is 1. The minimum Gasteiger partial charge on any atom is -0.457 e. The third-order valence-corrected chi connectivity index (χ3v) is 4.10. The van der Waals surface area contributed by atoms with E-state index in [1.807, 2.05) is 0 Å². The van der Waals surface area contributed by atoms with Crippen molar-refractivity contribution in [3.05, 3.63) is 66.1 Å². The van der Waals surface area contributed by atoms with Crippen molar-refractivity contribution in [2.24, 2.45) is 5.73 Å². The standard InChI is InChI=1S/C21H19FN4O4/c1-12(28)17-10-19(24-18(11-27)20(23)29)26-21(25-17)13-2-6-15(7-3-13)30-16-8-4-14(22)5-9-16/h2-10,18,27H,11H2,1H3,(H2,23,29)(H,24,25,26)/t18-/m0/s1. The number of Topliss-reactive ketones (excluding diaryl/α,β-unsaturated/α-hetero) is 1. The maximum atomic E-state index is 13.0. The molecule has 154 valence electrons. The summed E-state index contributed by atoms with van der Waals surface area (Å²) in [5.41, 5.74) is 5.95. The molecule has 4 N–H and O–H groups in total. The quantitative estimate of drug-likeness (QED) is 0.487. The van der Waals surface area contributed by atoms with Gasteiger partial charge in [-0.25, -0.2) is 14.4 Å². The first-order chi connectivity index (χ1) is 14.4. The van der Waals surface area contributed by atoms with Crippen LogP contribution in [0, 0.1) is 5.82 Å². The number of amides is 1. The van der Waals surface area contributed by atoms with E-state index in [2.05, 4.69) is 15.3 Å². The van der Waals surface area contributed by atoms with Crippen molar-refractivity contribution >= 4 is 17.5 Å². The van der Waals surface area contributed by atoms with Crippen LogP contribution in [0.15, 0.2) is 54.6 Å². The topological polar surface area (TPSA) is 127 Å². The van der Waals surface area contributed by atoms with E-state index in [0.717, 1.165) is 0 Å². The van der Waals surface area contributed by atoms with Crippen LogP contribution in [0.25, 0.3) is 11.4 Å². The van der Waals surface area contributed by atoms with E-state index in [0.29, 0.717) is 17.1 Å². The molecule has 0 aliphatic heterocycles. The second-order valence-corrected chi connectivity index (χ2v) is 6.38. The third kappa shape index (κ3) is 5.15. The number of rotatable bonds is 8. The predicted octanol–water partition coefficient (Wildman–Crippen LogP) is 2.54. The molecule has 0 fully saturated rings. The first-order valence-corrected chi connectivity index (χ1v) is 8.96. The highest BCUT2D eigenvalue weighted by molar-refractivity contribution is 5.93. The van der Waals surface area contributed by atoms with Gasteiger partial charge in [-0.2, -0.15) is 0 Å². The van der Waals surface area contributed by atoms with E-state index in [-0.39, 0.29) is 28.9 Å². The number of nitrogens with two attached hydrogens (primary N) is 1. The van der Waals surface area contributed by atoms with Gasteiger partial charge in [-0.15, -0.1) is 0 Å². The van der Waals surface area contributed by atoms with E-state index in [1.165, 1.54) is 37.3 Å². The molecular formula is C21H19FN4O4. The van der Waals surface area contributed by atoms with Crippen LogP contribution in [-0.4, -0.2) is 39.4 Å². The van der Waals surface area contributed by atoms with Gasteiger partial charge in [-0.1, -0.05) is 0 Å². The van der Waals surface area contributed by atoms with Gasteiger partial charge >= 0.3 is 0 Å². The fourth-order valence-corrected chi connectivity index (χ4v) is 2.53. The van der Waals surface area contributed by atoms with Crippen LogP contribution in [0.1, 0.15) is 17.4 Å². The molecule has 3 aromatic rings. The fraction of sp³-hybridized carbons (Fsp3) is 0.143. The average molecular weight is 410 g/mol. The number of aliphatic hydroxyl groups excluding tert-OH is 1. The zero-order valence-electron chi connectivity index (χ0n) is 16.0. The van der Waals surface area contributed by atoms with Crippen molar-refractivity contribution in [3.8, 4) is 22.9 Å². The van der Waals surface area contributed by atoms with Gasteiger partial charge in [0.05, 0.1) is 6.61 Å². The van der Waals surface area contributed by atoms with Crippen LogP contribution in [0.5, 0.6) is 11.5 Å². The number of carbonyl (C=O) groups excluding carboxylic acids is 2. The molecule has 1 amide bonds. The number of anilines is 1. The molecule has 9 heteroatoms. The molecule has 1 atom stereocenters. The van der Waals surface area contributed by atoms with E-state index in [9.17, 15) is 19.1 Å². The molecule has 0 saturated carbocycles. The Morgan fingerprint density at radius 2 is 1.70 bits per heavy atom. The fourth-order valence-electron chi connectivity index (χ4n) is 2.53. The zero-order chi connectivity index (χ0) is 21.7. The van der Waals surface area contributed by atoms with E-state index >= 15 is 0 Å². The number of hydrogen-bond acceptors (Lipinski definition) is 7. The summed E-state index contributed by atoms with van der Waals surface area (Å²) in [7, 11) is 0. The highest BCUT2D eigenvalue weighted by Crippen LogP contribution is 2.25.